The first-order valence-corrected chi connectivity index (χ1v) is 10.8. The predicted octanol–water partition coefficient (Wildman–Crippen LogP) is 1.89. The summed E-state index contributed by atoms with van der Waals surface area (Å²) in [6, 6.07) is 3.43. The van der Waals surface area contributed by atoms with E-state index in [1.54, 1.807) is 0 Å². The lowest BCUT2D eigenvalue weighted by atomic mass is 9.77. The molecule has 19 heteroatoms. The van der Waals surface area contributed by atoms with E-state index in [9.17, 15) is 50.0 Å². The Hall–Kier alpha value is -5.46. The van der Waals surface area contributed by atoms with Gasteiger partial charge in [0.05, 0.1) is 19.7 Å². The van der Waals surface area contributed by atoms with Gasteiger partial charge < -0.3 is 24.6 Å². The number of esters is 1. The third-order valence-corrected chi connectivity index (χ3v) is 5.51. The minimum atomic E-state index is -1.59. The highest BCUT2D eigenvalue weighted by Crippen LogP contribution is 2.46. The summed E-state index contributed by atoms with van der Waals surface area (Å²) in [6.07, 6.45) is 0. The van der Waals surface area contributed by atoms with Crippen LogP contribution >= 0.6 is 0 Å². The number of benzene rings is 2. The molecule has 0 spiro atoms. The van der Waals surface area contributed by atoms with Crippen LogP contribution in [0.3, 0.4) is 0 Å². The molecule has 0 atom stereocenters. The zero-order chi connectivity index (χ0) is 31.1. The maximum atomic E-state index is 11.8. The smallest absolute Gasteiger partial charge is 0.346 e. The standard InChI is InChI=1S/C21H21N5O14.H2/c1-21(2,11-4-13(23(30)31)19(14(5-11)24(32)33)38-8-17(28)22-3)12-6-15(25(34)35)20(16(7-12)26(36)37)39-9-18(29)40-10-27;/h4-7,27H,8-10H2,1-3H3,(H,22,28);1H/i27D;. The number of nitro groups is 4. The van der Waals surface area contributed by atoms with E-state index in [1.807, 2.05) is 0 Å². The van der Waals surface area contributed by atoms with Crippen molar-refractivity contribution in [2.75, 3.05) is 27.1 Å². The van der Waals surface area contributed by atoms with Crippen LogP contribution in [0.25, 0.3) is 0 Å². The van der Waals surface area contributed by atoms with Crippen molar-refractivity contribution in [2.24, 2.45) is 0 Å². The first-order chi connectivity index (χ1) is 19.1. The fraction of sp³-hybridized carbons (Fsp3) is 0.333. The van der Waals surface area contributed by atoms with Gasteiger partial charge in [0.1, 0.15) is 0 Å². The molecule has 2 aromatic rings. The molecule has 2 N–H and O–H groups in total. The third-order valence-electron chi connectivity index (χ3n) is 5.51. The summed E-state index contributed by atoms with van der Waals surface area (Å²) in [4.78, 5) is 66.4. The summed E-state index contributed by atoms with van der Waals surface area (Å²) in [5.41, 5.74) is -5.71. The fourth-order valence-corrected chi connectivity index (χ4v) is 3.37. The second-order valence-electron chi connectivity index (χ2n) is 8.23. The Balaban J connectivity index is 0.00000882. The molecule has 0 saturated carbocycles. The van der Waals surface area contributed by atoms with Crippen molar-refractivity contribution in [3.63, 3.8) is 0 Å². The van der Waals surface area contributed by atoms with Crippen molar-refractivity contribution >= 4 is 34.6 Å². The third kappa shape index (κ3) is 6.69. The van der Waals surface area contributed by atoms with E-state index in [4.69, 9.17) is 10.9 Å². The van der Waals surface area contributed by atoms with E-state index < -0.39 is 91.2 Å². The summed E-state index contributed by atoms with van der Waals surface area (Å²) in [5.74, 6) is -3.65. The molecule has 0 aromatic heterocycles. The summed E-state index contributed by atoms with van der Waals surface area (Å²) in [5, 5.41) is 53.2. The number of nitro benzene ring substituents is 4. The molecule has 216 valence electrons. The Morgan fingerprint density at radius 2 is 1.23 bits per heavy atom. The van der Waals surface area contributed by atoms with Crippen LogP contribution in [0.4, 0.5) is 22.7 Å². The van der Waals surface area contributed by atoms with Crippen LogP contribution in [0, 0.1) is 40.5 Å². The predicted molar refractivity (Wildman–Crippen MR) is 132 cm³/mol. The second-order valence-corrected chi connectivity index (χ2v) is 8.23. The number of rotatable bonds is 14. The van der Waals surface area contributed by atoms with E-state index in [0.717, 1.165) is 24.3 Å². The van der Waals surface area contributed by atoms with Crippen molar-refractivity contribution in [1.29, 1.82) is 1.43 Å². The molecule has 0 aliphatic rings. The molecule has 0 radical (unpaired) electrons. The van der Waals surface area contributed by atoms with Crippen LogP contribution in [0.1, 0.15) is 26.4 Å². The van der Waals surface area contributed by atoms with Gasteiger partial charge in [0.15, 0.2) is 20.0 Å². The van der Waals surface area contributed by atoms with Gasteiger partial charge in [-0.05, 0) is 11.1 Å². The molecule has 0 heterocycles. The largest absolute Gasteiger partial charge is 0.472 e. The number of aliphatic hydroxyl groups is 1. The number of amides is 1. The maximum absolute atomic E-state index is 11.8. The SMILES string of the molecule is [2H]OCOC(=O)COc1c([N+](=O)[O-])cc(C(C)(C)c2cc([N+](=O)[O-])c(OCC(=O)NC)c([N+](=O)[O-])c2)cc1[N+](=O)[O-].[HH]. The lowest BCUT2D eigenvalue weighted by Crippen LogP contribution is -2.25. The van der Waals surface area contributed by atoms with E-state index in [2.05, 4.69) is 15.2 Å². The van der Waals surface area contributed by atoms with Gasteiger partial charge in [0, 0.05) is 38.2 Å². The molecule has 40 heavy (non-hydrogen) atoms. The number of carbonyl (C=O) groups excluding carboxylic acids is 2. The number of ether oxygens (including phenoxy) is 3. The highest BCUT2D eigenvalue weighted by Gasteiger charge is 2.38. The van der Waals surface area contributed by atoms with Gasteiger partial charge >= 0.3 is 28.7 Å². The molecule has 2 rings (SSSR count). The van der Waals surface area contributed by atoms with Gasteiger partial charge in [-0.25, -0.2) is 4.79 Å². The van der Waals surface area contributed by atoms with Crippen molar-refractivity contribution in [1.82, 2.24) is 5.32 Å². The number of nitrogens with zero attached hydrogens (tertiary/aromatic N) is 4. The number of likely N-dealkylation sites (N-methyl/N-ethyl adjacent to an activating group) is 1. The minimum absolute atomic E-state index is 0. The average Bonchev–Trinajstić information content (AvgIpc) is 2.92. The van der Waals surface area contributed by atoms with E-state index in [0.29, 0.717) is 0 Å². The lowest BCUT2D eigenvalue weighted by molar-refractivity contribution is -0.396. The quantitative estimate of drug-likeness (QED) is 0.142. The van der Waals surface area contributed by atoms with Crippen molar-refractivity contribution in [2.45, 2.75) is 19.3 Å². The van der Waals surface area contributed by atoms with Crippen LogP contribution in [0.15, 0.2) is 24.3 Å². The summed E-state index contributed by atoms with van der Waals surface area (Å²) in [7, 11) is 1.25. The van der Waals surface area contributed by atoms with Crippen LogP contribution in [-0.4, -0.2) is 65.2 Å². The van der Waals surface area contributed by atoms with Gasteiger partial charge in [-0.2, -0.15) is 0 Å². The topological polar surface area (TPSA) is 267 Å². The number of hydrogen-bond donors (Lipinski definition) is 2. The normalized spacial score (nSPS) is 11.1. The monoisotopic (exact) mass is 570 g/mol. The molecule has 1 amide bonds. The highest BCUT2D eigenvalue weighted by molar-refractivity contribution is 5.78. The van der Waals surface area contributed by atoms with Crippen LogP contribution in [0.2, 0.25) is 0 Å². The molecule has 0 unspecified atom stereocenters. The van der Waals surface area contributed by atoms with Gasteiger partial charge in [-0.1, -0.05) is 13.8 Å². The van der Waals surface area contributed by atoms with Crippen molar-refractivity contribution < 1.29 is 50.0 Å². The Morgan fingerprint density at radius 1 is 0.850 bits per heavy atom. The first-order valence-electron chi connectivity index (χ1n) is 11.2. The van der Waals surface area contributed by atoms with Crippen molar-refractivity contribution in [3.05, 3.63) is 75.8 Å². The highest BCUT2D eigenvalue weighted by atomic mass is 16.7. The zero-order valence-electron chi connectivity index (χ0n) is 21.9. The van der Waals surface area contributed by atoms with E-state index in [-0.39, 0.29) is 12.6 Å². The molecular weight excluding hydrogens is 546 g/mol. The van der Waals surface area contributed by atoms with Crippen molar-refractivity contribution in [3.8, 4) is 11.5 Å². The molecule has 0 bridgehead atoms. The molecule has 0 aliphatic heterocycles. The molecule has 0 fully saturated rings. The second kappa shape index (κ2) is 12.4. The Bertz CT molecular complexity index is 1350. The number of nitrogens with one attached hydrogen (secondary N) is 1. The lowest BCUT2D eigenvalue weighted by Gasteiger charge is -2.26. The molecular formula is C21H23N5O14. The molecule has 2 aromatic carbocycles. The molecule has 0 aliphatic carbocycles. The number of aliphatic hydroxyl groups excluding tert-OH is 1. The summed E-state index contributed by atoms with van der Waals surface area (Å²) >= 11 is 0. The van der Waals surface area contributed by atoms with Gasteiger partial charge in [-0.3, -0.25) is 45.3 Å². The Kier molecular flexibility index (Phi) is 9.01. The van der Waals surface area contributed by atoms with Gasteiger partial charge in [0.2, 0.25) is 1.43 Å². The van der Waals surface area contributed by atoms with Crippen LogP contribution in [0.5, 0.6) is 11.5 Å². The first kappa shape index (κ1) is 29.1. The molecule has 0 saturated heterocycles. The summed E-state index contributed by atoms with van der Waals surface area (Å²) < 4.78 is 20.9. The average molecular weight is 570 g/mol. The summed E-state index contributed by atoms with van der Waals surface area (Å²) in [6.45, 7) is 0.0618. The van der Waals surface area contributed by atoms with Gasteiger partial charge in [0.25, 0.3) is 17.4 Å². The fourth-order valence-electron chi connectivity index (χ4n) is 3.37. The maximum Gasteiger partial charge on any atom is 0.346 e. The number of hydrogen-bond acceptors (Lipinski definition) is 14. The Morgan fingerprint density at radius 3 is 1.55 bits per heavy atom. The van der Waals surface area contributed by atoms with Crippen LogP contribution < -0.4 is 14.8 Å². The van der Waals surface area contributed by atoms with E-state index >= 15 is 0 Å². The van der Waals surface area contributed by atoms with E-state index in [1.165, 1.54) is 20.9 Å². The molecule has 19 nitrogen and oxygen atoms in total. The minimum Gasteiger partial charge on any atom is -0.472 e. The van der Waals surface area contributed by atoms with Gasteiger partial charge in [-0.15, -0.1) is 0 Å². The zero-order valence-corrected chi connectivity index (χ0v) is 20.9. The number of carbonyl (C=O) groups is 2. The Labute approximate surface area is 225 Å². The van der Waals surface area contributed by atoms with Crippen LogP contribution in [-0.2, 0) is 19.7 Å².